The van der Waals surface area contributed by atoms with Crippen LogP contribution in [0.4, 0.5) is 11.4 Å². The summed E-state index contributed by atoms with van der Waals surface area (Å²) in [7, 11) is 8.21. The van der Waals surface area contributed by atoms with E-state index in [1.165, 1.54) is 22.5 Å². The summed E-state index contributed by atoms with van der Waals surface area (Å²) >= 11 is 0. The van der Waals surface area contributed by atoms with Crippen LogP contribution in [0.1, 0.15) is 11.1 Å². The summed E-state index contributed by atoms with van der Waals surface area (Å²) in [5.41, 5.74) is 11.5. The molecule has 0 spiro atoms. The second kappa shape index (κ2) is 7.82. The quantitative estimate of drug-likeness (QED) is 0.608. The second-order valence-corrected chi connectivity index (χ2v) is 5.83. The lowest BCUT2D eigenvalue weighted by atomic mass is 10.2. The van der Waals surface area contributed by atoms with Gasteiger partial charge in [0.15, 0.2) is 0 Å². The number of benzene rings is 2. The van der Waals surface area contributed by atoms with Gasteiger partial charge >= 0.3 is 0 Å². The molecule has 22 heavy (non-hydrogen) atoms. The third kappa shape index (κ3) is 4.76. The van der Waals surface area contributed by atoms with Crippen molar-refractivity contribution in [1.29, 1.82) is 0 Å². The monoisotopic (exact) mass is 298 g/mol. The van der Waals surface area contributed by atoms with Crippen LogP contribution in [0.5, 0.6) is 0 Å². The molecular formula is C18H26N4. The number of hydrogen-bond acceptors (Lipinski definition) is 4. The van der Waals surface area contributed by atoms with Crippen molar-refractivity contribution < 1.29 is 0 Å². The summed E-state index contributed by atoms with van der Waals surface area (Å²) in [6.45, 7) is 1.62. The smallest absolute Gasteiger partial charge is 0.0361 e. The highest BCUT2D eigenvalue weighted by Crippen LogP contribution is 2.13. The van der Waals surface area contributed by atoms with Gasteiger partial charge in [-0.3, -0.25) is 10.9 Å². The molecule has 0 amide bonds. The first-order valence-electron chi connectivity index (χ1n) is 7.54. The van der Waals surface area contributed by atoms with E-state index in [1.54, 1.807) is 0 Å². The predicted molar refractivity (Wildman–Crippen MR) is 95.2 cm³/mol. The lowest BCUT2D eigenvalue weighted by molar-refractivity contribution is 0.529. The minimum absolute atomic E-state index is 0.809. The van der Waals surface area contributed by atoms with Gasteiger partial charge in [-0.1, -0.05) is 24.3 Å². The lowest BCUT2D eigenvalue weighted by Crippen LogP contribution is -2.30. The van der Waals surface area contributed by atoms with Crippen molar-refractivity contribution in [2.75, 3.05) is 38.0 Å². The molecule has 0 radical (unpaired) electrons. The van der Waals surface area contributed by atoms with Crippen molar-refractivity contribution in [3.63, 3.8) is 0 Å². The number of rotatable bonds is 7. The Kier molecular flexibility index (Phi) is 5.81. The van der Waals surface area contributed by atoms with Crippen LogP contribution in [-0.4, -0.2) is 28.2 Å². The van der Waals surface area contributed by atoms with E-state index in [-0.39, 0.29) is 0 Å². The Bertz CT molecular complexity index is 505. The van der Waals surface area contributed by atoms with Gasteiger partial charge in [-0.15, -0.1) is 0 Å². The van der Waals surface area contributed by atoms with Crippen LogP contribution in [0, 0.1) is 0 Å². The van der Waals surface area contributed by atoms with Crippen molar-refractivity contribution in [2.45, 2.75) is 13.1 Å². The third-order valence-electron chi connectivity index (χ3n) is 3.62. The van der Waals surface area contributed by atoms with Crippen LogP contribution in [0.15, 0.2) is 48.5 Å². The first-order valence-corrected chi connectivity index (χ1v) is 7.54. The standard InChI is InChI=1S/C18H26N4/c1-21(2)17-9-5-15(6-10-17)13-19-20-14-16-7-11-18(12-8-16)22(3)4/h5-12,19-20H,13-14H2,1-4H3. The van der Waals surface area contributed by atoms with Crippen molar-refractivity contribution in [3.8, 4) is 0 Å². The maximum absolute atomic E-state index is 3.26. The molecule has 0 aromatic heterocycles. The molecule has 4 heteroatoms. The molecule has 4 nitrogen and oxygen atoms in total. The van der Waals surface area contributed by atoms with E-state index in [0.717, 1.165) is 13.1 Å². The molecule has 2 N–H and O–H groups in total. The van der Waals surface area contributed by atoms with E-state index in [0.29, 0.717) is 0 Å². The molecule has 0 heterocycles. The van der Waals surface area contributed by atoms with E-state index in [4.69, 9.17) is 0 Å². The average Bonchev–Trinajstić information content (AvgIpc) is 2.52. The van der Waals surface area contributed by atoms with Crippen LogP contribution in [0.3, 0.4) is 0 Å². The Morgan fingerprint density at radius 2 is 0.909 bits per heavy atom. The SMILES string of the molecule is CN(C)c1ccc(CNNCc2ccc(N(C)C)cc2)cc1. The zero-order valence-corrected chi connectivity index (χ0v) is 13.9. The predicted octanol–water partition coefficient (Wildman–Crippen LogP) is 2.61. The summed E-state index contributed by atoms with van der Waals surface area (Å²) in [4.78, 5) is 4.21. The fourth-order valence-corrected chi connectivity index (χ4v) is 2.15. The highest BCUT2D eigenvalue weighted by Gasteiger charge is 1.98. The summed E-state index contributed by atoms with van der Waals surface area (Å²) in [6, 6.07) is 17.1. The Morgan fingerprint density at radius 3 is 1.18 bits per heavy atom. The normalized spacial score (nSPS) is 10.5. The van der Waals surface area contributed by atoms with Crippen molar-refractivity contribution >= 4 is 11.4 Å². The summed E-state index contributed by atoms with van der Waals surface area (Å²) in [5, 5.41) is 0. The van der Waals surface area contributed by atoms with Crippen LogP contribution < -0.4 is 20.7 Å². The minimum atomic E-state index is 0.809. The Balaban J connectivity index is 1.74. The van der Waals surface area contributed by atoms with E-state index < -0.39 is 0 Å². The highest BCUT2D eigenvalue weighted by atomic mass is 15.3. The van der Waals surface area contributed by atoms with E-state index in [9.17, 15) is 0 Å². The first kappa shape index (κ1) is 16.3. The van der Waals surface area contributed by atoms with Gasteiger partial charge in [0.1, 0.15) is 0 Å². The molecule has 2 aromatic carbocycles. The first-order chi connectivity index (χ1) is 10.6. The van der Waals surface area contributed by atoms with Crippen molar-refractivity contribution in [2.24, 2.45) is 0 Å². The minimum Gasteiger partial charge on any atom is -0.378 e. The molecule has 0 aliphatic rings. The van der Waals surface area contributed by atoms with Crippen LogP contribution in [0.25, 0.3) is 0 Å². The summed E-state index contributed by atoms with van der Waals surface area (Å²) in [6.07, 6.45) is 0. The van der Waals surface area contributed by atoms with E-state index in [1.807, 2.05) is 0 Å². The molecule has 0 fully saturated rings. The Hall–Kier alpha value is -2.04. The largest absolute Gasteiger partial charge is 0.378 e. The van der Waals surface area contributed by atoms with Gasteiger partial charge in [0.05, 0.1) is 0 Å². The maximum Gasteiger partial charge on any atom is 0.0361 e. The number of nitrogens with zero attached hydrogens (tertiary/aromatic N) is 2. The fraction of sp³-hybridized carbons (Fsp3) is 0.333. The third-order valence-corrected chi connectivity index (χ3v) is 3.62. The Labute approximate surface area is 133 Å². The zero-order chi connectivity index (χ0) is 15.9. The highest BCUT2D eigenvalue weighted by molar-refractivity contribution is 5.46. The molecule has 0 aliphatic carbocycles. The average molecular weight is 298 g/mol. The molecule has 2 rings (SSSR count). The van der Waals surface area contributed by atoms with Gasteiger partial charge in [-0.05, 0) is 35.4 Å². The molecule has 0 saturated heterocycles. The molecule has 0 unspecified atom stereocenters. The van der Waals surface area contributed by atoms with Gasteiger partial charge < -0.3 is 9.80 Å². The maximum atomic E-state index is 3.26. The van der Waals surface area contributed by atoms with E-state index in [2.05, 4.69) is 97.4 Å². The van der Waals surface area contributed by atoms with Gasteiger partial charge in [0, 0.05) is 52.7 Å². The lowest BCUT2D eigenvalue weighted by Gasteiger charge is -2.14. The molecule has 0 atom stereocenters. The summed E-state index contributed by atoms with van der Waals surface area (Å²) in [5.74, 6) is 0. The van der Waals surface area contributed by atoms with Gasteiger partial charge in [0.2, 0.25) is 0 Å². The topological polar surface area (TPSA) is 30.5 Å². The van der Waals surface area contributed by atoms with Crippen molar-refractivity contribution in [3.05, 3.63) is 59.7 Å². The fourth-order valence-electron chi connectivity index (χ4n) is 2.15. The Morgan fingerprint density at radius 1 is 0.591 bits per heavy atom. The van der Waals surface area contributed by atoms with Gasteiger partial charge in [0.25, 0.3) is 0 Å². The molecule has 0 aliphatic heterocycles. The second-order valence-electron chi connectivity index (χ2n) is 5.83. The molecule has 0 saturated carbocycles. The zero-order valence-electron chi connectivity index (χ0n) is 13.9. The van der Waals surface area contributed by atoms with Crippen molar-refractivity contribution in [1.82, 2.24) is 10.9 Å². The van der Waals surface area contributed by atoms with Crippen LogP contribution in [0.2, 0.25) is 0 Å². The summed E-state index contributed by atoms with van der Waals surface area (Å²) < 4.78 is 0. The number of hydrogen-bond donors (Lipinski definition) is 2. The molecule has 2 aromatic rings. The van der Waals surface area contributed by atoms with Gasteiger partial charge in [-0.25, -0.2) is 0 Å². The van der Waals surface area contributed by atoms with Crippen LogP contribution >= 0.6 is 0 Å². The number of nitrogens with one attached hydrogen (secondary N) is 2. The molecule has 118 valence electrons. The van der Waals surface area contributed by atoms with Gasteiger partial charge in [-0.2, -0.15) is 0 Å². The number of anilines is 2. The molecule has 0 bridgehead atoms. The number of hydrazine groups is 1. The molecular weight excluding hydrogens is 272 g/mol. The van der Waals surface area contributed by atoms with Crippen LogP contribution in [-0.2, 0) is 13.1 Å². The van der Waals surface area contributed by atoms with E-state index >= 15 is 0 Å².